The highest BCUT2D eigenvalue weighted by Gasteiger charge is 2.34. The fourth-order valence-corrected chi connectivity index (χ4v) is 4.51. The molecule has 3 nitrogen and oxygen atoms in total. The quantitative estimate of drug-likeness (QED) is 0.236. The van der Waals surface area contributed by atoms with Gasteiger partial charge in [-0.25, -0.2) is 4.57 Å². The third kappa shape index (κ3) is 6.86. The number of aryl methyl sites for hydroxylation is 1. The van der Waals surface area contributed by atoms with Crippen molar-refractivity contribution < 1.29 is 22.8 Å². The van der Waals surface area contributed by atoms with E-state index in [2.05, 4.69) is 20.5 Å². The maximum atomic E-state index is 12.4. The minimum Gasteiger partial charge on any atom is -0.420 e. The Labute approximate surface area is 168 Å². The van der Waals surface area contributed by atoms with Crippen LogP contribution in [0.5, 0.6) is 5.75 Å². The van der Waals surface area contributed by atoms with Gasteiger partial charge < -0.3 is 9.42 Å². The normalized spacial score (nSPS) is 13.6. The summed E-state index contributed by atoms with van der Waals surface area (Å²) in [5.74, 6) is 0.890. The second-order valence-electron chi connectivity index (χ2n) is 5.46. The van der Waals surface area contributed by atoms with Gasteiger partial charge in [0.05, 0.1) is 4.47 Å². The molecule has 0 aliphatic heterocycles. The first-order valence-electron chi connectivity index (χ1n) is 7.75. The molecule has 1 atom stereocenters. The van der Waals surface area contributed by atoms with Gasteiger partial charge in [0.2, 0.25) is 0 Å². The summed E-state index contributed by atoms with van der Waals surface area (Å²) < 4.78 is 41.0. The Hall–Kier alpha value is -0.590. The van der Waals surface area contributed by atoms with E-state index in [0.29, 0.717) is 4.47 Å². The first-order valence-corrected chi connectivity index (χ1v) is 11.6. The van der Waals surface area contributed by atoms with Crippen LogP contribution in [0.3, 0.4) is 0 Å². The lowest BCUT2D eigenvalue weighted by atomic mass is 10.1. The zero-order valence-electron chi connectivity index (χ0n) is 13.6. The second-order valence-corrected chi connectivity index (χ2v) is 9.62. The predicted octanol–water partition coefficient (Wildman–Crippen LogP) is 7.00. The molecule has 0 aliphatic carbocycles. The Morgan fingerprint density at radius 2 is 2.00 bits per heavy atom. The van der Waals surface area contributed by atoms with E-state index in [4.69, 9.17) is 16.5 Å². The standard InChI is InChI=1S/C17H17BrClF2O3PS/c18-15-10-12(7-8-16(15)24-25(22,23)17(20)21)4-1-2-9-26-14-6-3-5-13(19)11-14/h3,5-8,10-11,17H,1-2,4,9H2,(H,22,23). The highest BCUT2D eigenvalue weighted by Crippen LogP contribution is 2.50. The third-order valence-electron chi connectivity index (χ3n) is 3.40. The van der Waals surface area contributed by atoms with Crippen molar-refractivity contribution in [2.24, 2.45) is 0 Å². The molecular weight excluding hydrogens is 469 g/mol. The van der Waals surface area contributed by atoms with Gasteiger partial charge in [-0.2, -0.15) is 8.78 Å². The molecule has 142 valence electrons. The van der Waals surface area contributed by atoms with Crippen LogP contribution in [0, 0.1) is 0 Å². The van der Waals surface area contributed by atoms with E-state index in [-0.39, 0.29) is 5.75 Å². The first-order chi connectivity index (χ1) is 12.3. The van der Waals surface area contributed by atoms with Gasteiger partial charge in [-0.15, -0.1) is 11.8 Å². The van der Waals surface area contributed by atoms with Crippen LogP contribution in [0.15, 0.2) is 51.8 Å². The molecule has 0 fully saturated rings. The van der Waals surface area contributed by atoms with Gasteiger partial charge in [0.15, 0.2) is 0 Å². The molecule has 26 heavy (non-hydrogen) atoms. The van der Waals surface area contributed by atoms with Crippen LogP contribution in [0.4, 0.5) is 8.78 Å². The lowest BCUT2D eigenvalue weighted by Crippen LogP contribution is -2.01. The molecule has 1 unspecified atom stereocenters. The van der Waals surface area contributed by atoms with Gasteiger partial charge in [-0.05, 0) is 76.8 Å². The lowest BCUT2D eigenvalue weighted by Gasteiger charge is -2.14. The van der Waals surface area contributed by atoms with Gasteiger partial charge >= 0.3 is 13.8 Å². The zero-order valence-corrected chi connectivity index (χ0v) is 17.6. The molecule has 0 bridgehead atoms. The maximum absolute atomic E-state index is 12.4. The van der Waals surface area contributed by atoms with Gasteiger partial charge in [0, 0.05) is 9.92 Å². The van der Waals surface area contributed by atoms with Crippen molar-refractivity contribution in [1.29, 1.82) is 0 Å². The van der Waals surface area contributed by atoms with Crippen LogP contribution in [0.1, 0.15) is 18.4 Å². The van der Waals surface area contributed by atoms with Crippen LogP contribution in [-0.4, -0.2) is 16.8 Å². The number of thioether (sulfide) groups is 1. The van der Waals surface area contributed by atoms with Crippen LogP contribution in [-0.2, 0) is 11.0 Å². The molecule has 0 aromatic heterocycles. The van der Waals surface area contributed by atoms with Crippen molar-refractivity contribution in [1.82, 2.24) is 0 Å². The number of rotatable bonds is 9. The number of benzene rings is 2. The monoisotopic (exact) mass is 484 g/mol. The summed E-state index contributed by atoms with van der Waals surface area (Å²) in [4.78, 5) is 10.2. The van der Waals surface area contributed by atoms with Crippen molar-refractivity contribution in [2.75, 3.05) is 5.75 Å². The molecular formula is C17H17BrClF2O3PS. The highest BCUT2D eigenvalue weighted by atomic mass is 79.9. The fraction of sp³-hybridized carbons (Fsp3) is 0.294. The number of halogens is 4. The molecule has 1 N–H and O–H groups in total. The van der Waals surface area contributed by atoms with Crippen molar-refractivity contribution in [3.05, 3.63) is 57.5 Å². The van der Waals surface area contributed by atoms with E-state index in [1.807, 2.05) is 24.3 Å². The maximum Gasteiger partial charge on any atom is 0.442 e. The number of unbranched alkanes of at least 4 members (excludes halogenated alkanes) is 1. The molecule has 0 aliphatic rings. The molecule has 2 aromatic rings. The van der Waals surface area contributed by atoms with E-state index < -0.39 is 13.8 Å². The van der Waals surface area contributed by atoms with Crippen LogP contribution in [0.25, 0.3) is 0 Å². The van der Waals surface area contributed by atoms with Crippen LogP contribution < -0.4 is 4.52 Å². The topological polar surface area (TPSA) is 46.5 Å². The summed E-state index contributed by atoms with van der Waals surface area (Å²) in [6.45, 7) is 0. The summed E-state index contributed by atoms with van der Waals surface area (Å²) in [6, 6.07) is 12.6. The van der Waals surface area contributed by atoms with E-state index in [1.165, 1.54) is 6.07 Å². The molecule has 0 spiro atoms. The molecule has 0 amide bonds. The fourth-order valence-electron chi connectivity index (χ4n) is 2.13. The SMILES string of the molecule is O=P(O)(Oc1ccc(CCCCSc2cccc(Cl)c2)cc1Br)C(F)F. The first kappa shape index (κ1) is 21.7. The Bertz CT molecular complexity index is 794. The Balaban J connectivity index is 1.80. The zero-order chi connectivity index (χ0) is 19.2. The van der Waals surface area contributed by atoms with Crippen molar-refractivity contribution in [3.63, 3.8) is 0 Å². The average molecular weight is 486 g/mol. The lowest BCUT2D eigenvalue weighted by molar-refractivity contribution is 0.188. The van der Waals surface area contributed by atoms with E-state index >= 15 is 0 Å². The minimum atomic E-state index is -4.97. The number of hydrogen-bond acceptors (Lipinski definition) is 3. The van der Waals surface area contributed by atoms with Gasteiger partial charge in [-0.3, -0.25) is 0 Å². The molecule has 9 heteroatoms. The van der Waals surface area contributed by atoms with Gasteiger partial charge in [0.25, 0.3) is 0 Å². The van der Waals surface area contributed by atoms with Crippen LogP contribution in [0.2, 0.25) is 5.02 Å². The largest absolute Gasteiger partial charge is 0.442 e. The Morgan fingerprint density at radius 1 is 1.23 bits per heavy atom. The summed E-state index contributed by atoms with van der Waals surface area (Å²) in [5, 5.41) is 0.724. The van der Waals surface area contributed by atoms with Gasteiger partial charge in [-0.1, -0.05) is 23.7 Å². The average Bonchev–Trinajstić information content (AvgIpc) is 2.57. The number of hydrogen-bond donors (Lipinski definition) is 1. The van der Waals surface area contributed by atoms with Gasteiger partial charge in [0.1, 0.15) is 5.75 Å². The molecule has 2 aromatic carbocycles. The molecule has 0 radical (unpaired) electrons. The molecule has 0 saturated carbocycles. The molecule has 2 rings (SSSR count). The van der Waals surface area contributed by atoms with E-state index in [1.54, 1.807) is 23.9 Å². The summed E-state index contributed by atoms with van der Waals surface area (Å²) >= 11 is 10.9. The van der Waals surface area contributed by atoms with E-state index in [0.717, 1.165) is 40.5 Å². The summed E-state index contributed by atoms with van der Waals surface area (Å²) in [5.41, 5.74) is 0.988. The minimum absolute atomic E-state index is 0.0728. The number of alkyl halides is 2. The van der Waals surface area contributed by atoms with E-state index in [9.17, 15) is 13.3 Å². The highest BCUT2D eigenvalue weighted by molar-refractivity contribution is 9.10. The second kappa shape index (κ2) is 10.1. The van der Waals surface area contributed by atoms with Crippen molar-refractivity contribution >= 4 is 46.9 Å². The summed E-state index contributed by atoms with van der Waals surface area (Å²) in [7, 11) is -4.97. The smallest absolute Gasteiger partial charge is 0.420 e. The third-order valence-corrected chi connectivity index (χ3v) is 6.28. The molecule has 0 saturated heterocycles. The summed E-state index contributed by atoms with van der Waals surface area (Å²) in [6.07, 6.45) is -0.674. The Kier molecular flexibility index (Phi) is 8.42. The van der Waals surface area contributed by atoms with Crippen LogP contribution >= 0.6 is 46.9 Å². The molecule has 0 heterocycles. The predicted molar refractivity (Wildman–Crippen MR) is 106 cm³/mol. The van der Waals surface area contributed by atoms with Crippen molar-refractivity contribution in [3.8, 4) is 5.75 Å². The van der Waals surface area contributed by atoms with Crippen molar-refractivity contribution in [2.45, 2.75) is 30.3 Å². The Morgan fingerprint density at radius 3 is 2.65 bits per heavy atom.